The van der Waals surface area contributed by atoms with Crippen molar-refractivity contribution >= 4 is 5.91 Å². The van der Waals surface area contributed by atoms with Crippen molar-refractivity contribution in [1.29, 1.82) is 0 Å². The first-order valence-corrected chi connectivity index (χ1v) is 7.23. The van der Waals surface area contributed by atoms with Crippen molar-refractivity contribution < 1.29 is 4.79 Å². The van der Waals surface area contributed by atoms with Crippen molar-refractivity contribution in [2.75, 3.05) is 20.1 Å². The lowest BCUT2D eigenvalue weighted by Crippen LogP contribution is -2.50. The zero-order valence-electron chi connectivity index (χ0n) is 11.9. The first kappa shape index (κ1) is 14.1. The number of carbonyl (C=O) groups is 1. The average Bonchev–Trinajstić information content (AvgIpc) is 2.47. The molecule has 0 saturated carbocycles. The molecule has 2 rings (SSSR count). The highest BCUT2D eigenvalue weighted by molar-refractivity contribution is 5.78. The van der Waals surface area contributed by atoms with E-state index < -0.39 is 0 Å². The van der Waals surface area contributed by atoms with E-state index in [0.717, 1.165) is 31.5 Å². The fraction of sp³-hybridized carbons (Fsp3) is 0.562. The Balaban J connectivity index is 1.93. The standard InChI is InChI=1S/C16H24N2O/c1-3-14-12-18(10-9-15(14)17-2)16(19)11-13-7-5-4-6-8-13/h4-8,14-15,17H,3,9-12H2,1-2H3. The Bertz CT molecular complexity index is 404. The Kier molecular flexibility index (Phi) is 4.97. The SMILES string of the molecule is CCC1CN(C(=O)Cc2ccccc2)CCC1NC. The van der Waals surface area contributed by atoms with E-state index in [1.165, 1.54) is 0 Å². The van der Waals surface area contributed by atoms with Gasteiger partial charge in [-0.15, -0.1) is 0 Å². The van der Waals surface area contributed by atoms with Gasteiger partial charge in [0, 0.05) is 19.1 Å². The van der Waals surface area contributed by atoms with E-state index in [0.29, 0.717) is 18.4 Å². The highest BCUT2D eigenvalue weighted by Gasteiger charge is 2.29. The van der Waals surface area contributed by atoms with Gasteiger partial charge in [-0.25, -0.2) is 0 Å². The molecule has 0 aromatic heterocycles. The number of nitrogens with zero attached hydrogens (tertiary/aromatic N) is 1. The van der Waals surface area contributed by atoms with Gasteiger partial charge in [-0.2, -0.15) is 0 Å². The summed E-state index contributed by atoms with van der Waals surface area (Å²) in [6.07, 6.45) is 2.72. The van der Waals surface area contributed by atoms with Crippen LogP contribution in [0.3, 0.4) is 0 Å². The zero-order chi connectivity index (χ0) is 13.7. The number of likely N-dealkylation sites (tertiary alicyclic amines) is 1. The summed E-state index contributed by atoms with van der Waals surface area (Å²) in [5, 5.41) is 3.38. The Morgan fingerprint density at radius 3 is 2.74 bits per heavy atom. The summed E-state index contributed by atoms with van der Waals surface area (Å²) in [5.41, 5.74) is 1.11. The number of benzene rings is 1. The van der Waals surface area contributed by atoms with Crippen molar-refractivity contribution in [1.82, 2.24) is 10.2 Å². The van der Waals surface area contributed by atoms with Crippen molar-refractivity contribution in [3.63, 3.8) is 0 Å². The van der Waals surface area contributed by atoms with E-state index in [1.807, 2.05) is 42.3 Å². The Labute approximate surface area is 116 Å². The molecule has 1 aromatic rings. The van der Waals surface area contributed by atoms with E-state index in [9.17, 15) is 4.79 Å². The second kappa shape index (κ2) is 6.71. The van der Waals surface area contributed by atoms with Gasteiger partial charge in [0.25, 0.3) is 0 Å². The fourth-order valence-corrected chi connectivity index (χ4v) is 2.93. The Morgan fingerprint density at radius 1 is 1.37 bits per heavy atom. The predicted molar refractivity (Wildman–Crippen MR) is 78.0 cm³/mol. The number of hydrogen-bond donors (Lipinski definition) is 1. The lowest BCUT2D eigenvalue weighted by atomic mass is 9.90. The monoisotopic (exact) mass is 260 g/mol. The van der Waals surface area contributed by atoms with Crippen LogP contribution in [0.1, 0.15) is 25.3 Å². The lowest BCUT2D eigenvalue weighted by Gasteiger charge is -2.38. The molecule has 1 fully saturated rings. The van der Waals surface area contributed by atoms with Crippen LogP contribution >= 0.6 is 0 Å². The molecular weight excluding hydrogens is 236 g/mol. The molecule has 0 bridgehead atoms. The van der Waals surface area contributed by atoms with Gasteiger partial charge in [-0.1, -0.05) is 43.7 Å². The molecule has 1 saturated heterocycles. The van der Waals surface area contributed by atoms with Crippen LogP contribution in [0.2, 0.25) is 0 Å². The molecule has 104 valence electrons. The second-order valence-corrected chi connectivity index (χ2v) is 5.35. The molecule has 3 heteroatoms. The summed E-state index contributed by atoms with van der Waals surface area (Å²) in [4.78, 5) is 14.4. The summed E-state index contributed by atoms with van der Waals surface area (Å²) in [7, 11) is 2.02. The van der Waals surface area contributed by atoms with Gasteiger partial charge in [0.2, 0.25) is 5.91 Å². The van der Waals surface area contributed by atoms with Gasteiger partial charge < -0.3 is 10.2 Å². The van der Waals surface area contributed by atoms with Crippen molar-refractivity contribution in [3.05, 3.63) is 35.9 Å². The third-order valence-corrected chi connectivity index (χ3v) is 4.18. The Hall–Kier alpha value is -1.35. The summed E-state index contributed by atoms with van der Waals surface area (Å²) < 4.78 is 0. The number of amides is 1. The summed E-state index contributed by atoms with van der Waals surface area (Å²) in [6.45, 7) is 3.99. The number of rotatable bonds is 4. The molecule has 0 aliphatic carbocycles. The largest absolute Gasteiger partial charge is 0.342 e. The maximum absolute atomic E-state index is 12.3. The second-order valence-electron chi connectivity index (χ2n) is 5.35. The normalized spacial score (nSPS) is 23.4. The summed E-state index contributed by atoms with van der Waals surface area (Å²) in [5.74, 6) is 0.845. The van der Waals surface area contributed by atoms with Gasteiger partial charge in [-0.05, 0) is 24.9 Å². The molecule has 2 unspecified atom stereocenters. The molecule has 1 aliphatic rings. The van der Waals surface area contributed by atoms with Crippen molar-refractivity contribution in [3.8, 4) is 0 Å². The van der Waals surface area contributed by atoms with Crippen LogP contribution in [0.4, 0.5) is 0 Å². The van der Waals surface area contributed by atoms with Crippen LogP contribution in [0.25, 0.3) is 0 Å². The number of hydrogen-bond acceptors (Lipinski definition) is 2. The lowest BCUT2D eigenvalue weighted by molar-refractivity contribution is -0.132. The van der Waals surface area contributed by atoms with E-state index in [1.54, 1.807) is 0 Å². The highest BCUT2D eigenvalue weighted by atomic mass is 16.2. The molecule has 1 aromatic carbocycles. The highest BCUT2D eigenvalue weighted by Crippen LogP contribution is 2.20. The first-order chi connectivity index (χ1) is 9.24. The molecule has 1 heterocycles. The minimum absolute atomic E-state index is 0.263. The molecule has 1 amide bonds. The van der Waals surface area contributed by atoms with Gasteiger partial charge in [-0.3, -0.25) is 4.79 Å². The van der Waals surface area contributed by atoms with Gasteiger partial charge in [0.15, 0.2) is 0 Å². The molecular formula is C16H24N2O. The maximum atomic E-state index is 12.3. The average molecular weight is 260 g/mol. The first-order valence-electron chi connectivity index (χ1n) is 7.23. The molecule has 19 heavy (non-hydrogen) atoms. The fourth-order valence-electron chi connectivity index (χ4n) is 2.93. The molecule has 1 N–H and O–H groups in total. The number of nitrogens with one attached hydrogen (secondary N) is 1. The summed E-state index contributed by atoms with van der Waals surface area (Å²) >= 11 is 0. The van der Waals surface area contributed by atoms with Crippen LogP contribution < -0.4 is 5.32 Å². The topological polar surface area (TPSA) is 32.3 Å². The maximum Gasteiger partial charge on any atom is 0.227 e. The van der Waals surface area contributed by atoms with E-state index >= 15 is 0 Å². The van der Waals surface area contributed by atoms with E-state index in [4.69, 9.17) is 0 Å². The molecule has 0 radical (unpaired) electrons. The zero-order valence-corrected chi connectivity index (χ0v) is 11.9. The summed E-state index contributed by atoms with van der Waals surface area (Å²) in [6, 6.07) is 10.6. The minimum Gasteiger partial charge on any atom is -0.342 e. The third kappa shape index (κ3) is 3.57. The Morgan fingerprint density at radius 2 is 2.11 bits per heavy atom. The van der Waals surface area contributed by atoms with Crippen molar-refractivity contribution in [2.45, 2.75) is 32.2 Å². The van der Waals surface area contributed by atoms with Crippen molar-refractivity contribution in [2.24, 2.45) is 5.92 Å². The van der Waals surface area contributed by atoms with E-state index in [-0.39, 0.29) is 5.91 Å². The number of piperidine rings is 1. The van der Waals surface area contributed by atoms with Gasteiger partial charge in [0.1, 0.15) is 0 Å². The molecule has 0 spiro atoms. The number of carbonyl (C=O) groups excluding carboxylic acids is 1. The molecule has 3 nitrogen and oxygen atoms in total. The molecule has 1 aliphatic heterocycles. The van der Waals surface area contributed by atoms with Crippen LogP contribution in [-0.2, 0) is 11.2 Å². The predicted octanol–water partition coefficient (Wildman–Crippen LogP) is 2.08. The van der Waals surface area contributed by atoms with Gasteiger partial charge in [0.05, 0.1) is 6.42 Å². The quantitative estimate of drug-likeness (QED) is 0.899. The third-order valence-electron chi connectivity index (χ3n) is 4.18. The van der Waals surface area contributed by atoms with Crippen LogP contribution in [0, 0.1) is 5.92 Å². The smallest absolute Gasteiger partial charge is 0.227 e. The van der Waals surface area contributed by atoms with Crippen LogP contribution in [-0.4, -0.2) is 37.0 Å². The van der Waals surface area contributed by atoms with Gasteiger partial charge >= 0.3 is 0 Å². The van der Waals surface area contributed by atoms with Crippen LogP contribution in [0.5, 0.6) is 0 Å². The van der Waals surface area contributed by atoms with E-state index in [2.05, 4.69) is 12.2 Å². The minimum atomic E-state index is 0.263. The van der Waals surface area contributed by atoms with Crippen LogP contribution in [0.15, 0.2) is 30.3 Å². The molecule has 2 atom stereocenters.